The van der Waals surface area contributed by atoms with Crippen molar-refractivity contribution in [2.24, 2.45) is 0 Å². The highest BCUT2D eigenvalue weighted by molar-refractivity contribution is 7.48. The van der Waals surface area contributed by atoms with Crippen LogP contribution in [0.2, 0.25) is 0 Å². The van der Waals surface area contributed by atoms with Crippen LogP contribution in [0.1, 0.15) is 41.5 Å². The van der Waals surface area contributed by atoms with Crippen LogP contribution in [-0.4, -0.2) is 56.0 Å². The van der Waals surface area contributed by atoms with E-state index in [1.54, 1.807) is 0 Å². The molecule has 0 aliphatic carbocycles. The number of rotatable bonds is 15. The second-order valence-electron chi connectivity index (χ2n) is 7.33. The Kier molecular flexibility index (Phi) is 13.0. The molecule has 0 saturated heterocycles. The van der Waals surface area contributed by atoms with Gasteiger partial charge in [-0.25, -0.2) is 18.9 Å². The Morgan fingerprint density at radius 2 is 0.844 bits per heavy atom. The lowest BCUT2D eigenvalue weighted by Crippen LogP contribution is -2.26. The van der Waals surface area contributed by atoms with E-state index in [4.69, 9.17) is 27.8 Å². The average Bonchev–Trinajstić information content (AvgIpc) is 2.67. The predicted octanol–water partition coefficient (Wildman–Crippen LogP) is 3.67. The van der Waals surface area contributed by atoms with Crippen molar-refractivity contribution >= 4 is 25.7 Å². The largest absolute Gasteiger partial charge is 0.475 e. The molecule has 0 radical (unpaired) electrons. The van der Waals surface area contributed by atoms with Gasteiger partial charge in [-0.1, -0.05) is 19.7 Å². The molecule has 0 spiro atoms. The summed E-state index contributed by atoms with van der Waals surface area (Å²) in [6.07, 6.45) is -2.67. The lowest BCUT2D eigenvalue weighted by Gasteiger charge is -2.26. The van der Waals surface area contributed by atoms with Crippen LogP contribution in [0, 0.1) is 0 Å². The molecule has 0 aliphatic heterocycles. The molecule has 0 aromatic heterocycles. The van der Waals surface area contributed by atoms with Crippen molar-refractivity contribution in [2.45, 2.75) is 59.9 Å². The fraction of sp³-hybridized carbons (Fsp3) is 0.571. The fourth-order valence-corrected chi connectivity index (χ4v) is 3.43. The molecule has 0 amide bonds. The van der Waals surface area contributed by atoms with Crippen molar-refractivity contribution in [1.82, 2.24) is 0 Å². The summed E-state index contributed by atoms with van der Waals surface area (Å²) in [5, 5.41) is 0. The van der Waals surface area contributed by atoms with Gasteiger partial charge in [-0.3, -0.25) is 13.6 Å². The van der Waals surface area contributed by atoms with Crippen LogP contribution in [0.5, 0.6) is 0 Å². The Hall–Kier alpha value is -2.26. The molecule has 3 atom stereocenters. The molecule has 10 nitrogen and oxygen atoms in total. The van der Waals surface area contributed by atoms with Gasteiger partial charge in [-0.2, -0.15) is 0 Å². The topological polar surface area (TPSA) is 124 Å². The smallest absolute Gasteiger partial charge is 0.460 e. The van der Waals surface area contributed by atoms with Crippen LogP contribution < -0.4 is 0 Å². The summed E-state index contributed by atoms with van der Waals surface area (Å²) in [7, 11) is -4.28. The molecule has 11 heteroatoms. The summed E-state index contributed by atoms with van der Waals surface area (Å²) < 4.78 is 44.4. The molecule has 0 aromatic rings. The first-order valence-electron chi connectivity index (χ1n) is 9.80. The van der Waals surface area contributed by atoms with E-state index in [1.807, 2.05) is 0 Å². The van der Waals surface area contributed by atoms with Gasteiger partial charge in [-0.05, 0) is 41.5 Å². The van der Waals surface area contributed by atoms with Crippen molar-refractivity contribution in [3.63, 3.8) is 0 Å². The second-order valence-corrected chi connectivity index (χ2v) is 8.86. The van der Waals surface area contributed by atoms with Crippen LogP contribution in [0.4, 0.5) is 0 Å². The monoisotopic (exact) mass is 476 g/mol. The quantitative estimate of drug-likeness (QED) is 0.150. The zero-order valence-electron chi connectivity index (χ0n) is 19.5. The molecular weight excluding hydrogens is 443 g/mol. The Bertz CT molecular complexity index is 673. The summed E-state index contributed by atoms with van der Waals surface area (Å²) >= 11 is 0. The van der Waals surface area contributed by atoms with Crippen molar-refractivity contribution < 1.29 is 46.7 Å². The van der Waals surface area contributed by atoms with E-state index < -0.39 is 44.0 Å². The van der Waals surface area contributed by atoms with E-state index in [0.717, 1.165) is 0 Å². The van der Waals surface area contributed by atoms with Crippen molar-refractivity contribution in [3.8, 4) is 0 Å². The summed E-state index contributed by atoms with van der Waals surface area (Å²) in [5.41, 5.74) is 0.566. The van der Waals surface area contributed by atoms with E-state index in [0.29, 0.717) is 0 Å². The fourth-order valence-electron chi connectivity index (χ4n) is 1.78. The van der Waals surface area contributed by atoms with E-state index in [9.17, 15) is 18.9 Å². The maximum Gasteiger partial charge on any atom is 0.475 e. The number of hydrogen-bond acceptors (Lipinski definition) is 10. The minimum atomic E-state index is -4.28. The Morgan fingerprint density at radius 3 is 1.03 bits per heavy atom. The van der Waals surface area contributed by atoms with Gasteiger partial charge >= 0.3 is 25.7 Å². The van der Waals surface area contributed by atoms with Crippen molar-refractivity contribution in [3.05, 3.63) is 36.5 Å². The molecule has 32 heavy (non-hydrogen) atoms. The number of hydrogen-bond donors (Lipinski definition) is 0. The first-order valence-corrected chi connectivity index (χ1v) is 11.3. The van der Waals surface area contributed by atoms with E-state index in [2.05, 4.69) is 19.7 Å². The Morgan fingerprint density at radius 1 is 0.625 bits per heavy atom. The number of ether oxygens (including phenoxy) is 3. The van der Waals surface area contributed by atoms with Gasteiger partial charge in [-0.15, -0.1) is 0 Å². The lowest BCUT2D eigenvalue weighted by molar-refractivity contribution is -0.142. The highest BCUT2D eigenvalue weighted by Crippen LogP contribution is 2.52. The van der Waals surface area contributed by atoms with Gasteiger partial charge in [0.2, 0.25) is 0 Å². The minimum Gasteiger partial charge on any atom is -0.460 e. The average molecular weight is 476 g/mol. The van der Waals surface area contributed by atoms with Crippen molar-refractivity contribution in [2.75, 3.05) is 19.8 Å². The Labute approximate surface area is 189 Å². The molecule has 0 saturated carbocycles. The zero-order valence-corrected chi connectivity index (χ0v) is 20.4. The highest BCUT2D eigenvalue weighted by atomic mass is 31.2. The molecule has 0 fully saturated rings. The first kappa shape index (κ1) is 29.7. The number of phosphoric acid groups is 1. The van der Waals surface area contributed by atoms with E-state index in [-0.39, 0.29) is 36.5 Å². The summed E-state index contributed by atoms with van der Waals surface area (Å²) in [4.78, 5) is 34.7. The Balaban J connectivity index is 5.18. The van der Waals surface area contributed by atoms with Gasteiger partial charge in [0.15, 0.2) is 0 Å². The summed E-state index contributed by atoms with van der Waals surface area (Å²) in [6.45, 7) is 18.6. The minimum absolute atomic E-state index is 0.189. The molecule has 0 aromatic carbocycles. The van der Waals surface area contributed by atoms with Crippen LogP contribution in [0.3, 0.4) is 0 Å². The van der Waals surface area contributed by atoms with Crippen LogP contribution in [-0.2, 0) is 46.7 Å². The van der Waals surface area contributed by atoms with E-state index in [1.165, 1.54) is 41.5 Å². The molecular formula is C21H33O10P. The molecule has 0 N–H and O–H groups in total. The zero-order chi connectivity index (χ0) is 25.1. The maximum atomic E-state index is 13.2. The predicted molar refractivity (Wildman–Crippen MR) is 117 cm³/mol. The van der Waals surface area contributed by atoms with Crippen molar-refractivity contribution in [1.29, 1.82) is 0 Å². The lowest BCUT2D eigenvalue weighted by atomic mass is 10.3. The third kappa shape index (κ3) is 12.6. The van der Waals surface area contributed by atoms with Gasteiger partial charge in [0.1, 0.15) is 38.1 Å². The molecule has 0 heterocycles. The molecule has 0 aliphatic rings. The van der Waals surface area contributed by atoms with Crippen LogP contribution in [0.15, 0.2) is 36.5 Å². The van der Waals surface area contributed by atoms with Gasteiger partial charge in [0.25, 0.3) is 0 Å². The van der Waals surface area contributed by atoms with Gasteiger partial charge in [0, 0.05) is 16.7 Å². The van der Waals surface area contributed by atoms with E-state index >= 15 is 0 Å². The molecule has 0 rings (SSSR count). The van der Waals surface area contributed by atoms with Crippen LogP contribution >= 0.6 is 7.82 Å². The number of carbonyl (C=O) groups is 3. The first-order chi connectivity index (χ1) is 14.7. The summed E-state index contributed by atoms with van der Waals surface area (Å²) in [5.74, 6) is -1.92. The molecule has 3 unspecified atom stereocenters. The maximum absolute atomic E-state index is 13.2. The number of esters is 3. The number of phosphoric ester groups is 1. The van der Waals surface area contributed by atoms with Gasteiger partial charge in [0.05, 0.1) is 0 Å². The van der Waals surface area contributed by atoms with Crippen LogP contribution in [0.25, 0.3) is 0 Å². The normalized spacial score (nSPS) is 15.4. The SMILES string of the molecule is C=C(C)C(=O)OCC(C)OP(=O)(OC(C)COC(=O)C(=C)C)OC(C)COC(=O)C(=C)C. The molecule has 0 bridgehead atoms. The third-order valence-corrected chi connectivity index (χ3v) is 5.17. The molecule has 182 valence electrons. The summed E-state index contributed by atoms with van der Waals surface area (Å²) in [6, 6.07) is 0. The second kappa shape index (κ2) is 14.0. The van der Waals surface area contributed by atoms with Gasteiger partial charge < -0.3 is 14.2 Å². The number of carbonyl (C=O) groups excluding carboxylic acids is 3. The standard InChI is InChI=1S/C21H33O10P/c1-13(2)19(22)26-10-16(7)29-32(25,30-17(8)11-27-20(23)14(3)4)31-18(9)12-28-21(24)15(5)6/h16-18H,1,3,5,10-12H2,2,4,6-9H3. The third-order valence-electron chi connectivity index (χ3n) is 3.32. The highest BCUT2D eigenvalue weighted by Gasteiger charge is 2.35.